The van der Waals surface area contributed by atoms with Crippen molar-refractivity contribution in [2.75, 3.05) is 6.61 Å². The molecule has 0 amide bonds. The lowest BCUT2D eigenvalue weighted by Gasteiger charge is -2.05. The molecular weight excluding hydrogens is 233 g/mol. The number of ether oxygens (including phenoxy) is 1. The third-order valence-electron chi connectivity index (χ3n) is 2.48. The van der Waals surface area contributed by atoms with Crippen LogP contribution in [-0.2, 0) is 4.74 Å². The highest BCUT2D eigenvalue weighted by atomic mass is 35.5. The first-order valence-corrected chi connectivity index (χ1v) is 5.53. The first-order chi connectivity index (χ1) is 7.66. The average molecular weight is 244 g/mol. The van der Waals surface area contributed by atoms with Crippen molar-refractivity contribution in [1.82, 2.24) is 4.98 Å². The third-order valence-corrected chi connectivity index (χ3v) is 2.78. The summed E-state index contributed by atoms with van der Waals surface area (Å²) < 4.78 is 17.8. The van der Waals surface area contributed by atoms with Gasteiger partial charge in [-0.15, -0.1) is 0 Å². The van der Waals surface area contributed by atoms with Crippen molar-refractivity contribution >= 4 is 17.6 Å². The lowest BCUT2D eigenvalue weighted by molar-refractivity contribution is 0.0494. The molecule has 2 rings (SSSR count). The molecule has 1 aromatic rings. The topological polar surface area (TPSA) is 39.2 Å². The highest BCUT2D eigenvalue weighted by Gasteiger charge is 2.22. The summed E-state index contributed by atoms with van der Waals surface area (Å²) in [7, 11) is 0. The summed E-state index contributed by atoms with van der Waals surface area (Å²) in [5.74, 6) is -0.523. The Labute approximate surface area is 97.6 Å². The molecule has 0 N–H and O–H groups in total. The third kappa shape index (κ3) is 2.92. The van der Waals surface area contributed by atoms with Crippen LogP contribution in [0.15, 0.2) is 12.3 Å². The predicted molar refractivity (Wildman–Crippen MR) is 56.8 cm³/mol. The monoisotopic (exact) mass is 243 g/mol. The van der Waals surface area contributed by atoms with E-state index in [0.717, 1.165) is 18.7 Å². The van der Waals surface area contributed by atoms with Crippen LogP contribution < -0.4 is 0 Å². The summed E-state index contributed by atoms with van der Waals surface area (Å²) in [5.41, 5.74) is -0.0162. The van der Waals surface area contributed by atoms with E-state index < -0.39 is 11.8 Å². The van der Waals surface area contributed by atoms with Gasteiger partial charge in [0.05, 0.1) is 18.4 Å². The fraction of sp³-hybridized carbons (Fsp3) is 0.455. The Balaban J connectivity index is 1.93. The van der Waals surface area contributed by atoms with Gasteiger partial charge >= 0.3 is 5.97 Å². The fourth-order valence-corrected chi connectivity index (χ4v) is 1.55. The van der Waals surface area contributed by atoms with Crippen LogP contribution in [0.4, 0.5) is 4.39 Å². The van der Waals surface area contributed by atoms with Crippen molar-refractivity contribution < 1.29 is 13.9 Å². The van der Waals surface area contributed by atoms with Gasteiger partial charge in [-0.1, -0.05) is 24.4 Å². The molecule has 0 bridgehead atoms. The maximum absolute atomic E-state index is 12.8. The molecule has 16 heavy (non-hydrogen) atoms. The number of esters is 1. The predicted octanol–water partition coefficient (Wildman–Crippen LogP) is 2.83. The Morgan fingerprint density at radius 3 is 3.06 bits per heavy atom. The zero-order valence-electron chi connectivity index (χ0n) is 8.58. The molecule has 5 heteroatoms. The highest BCUT2D eigenvalue weighted by Crippen LogP contribution is 2.32. The molecule has 86 valence electrons. The van der Waals surface area contributed by atoms with Gasteiger partial charge in [0.2, 0.25) is 0 Å². The Hall–Kier alpha value is -1.16. The minimum Gasteiger partial charge on any atom is -0.462 e. The van der Waals surface area contributed by atoms with E-state index in [0.29, 0.717) is 12.5 Å². The van der Waals surface area contributed by atoms with Crippen LogP contribution in [0, 0.1) is 11.7 Å². The van der Waals surface area contributed by atoms with Gasteiger partial charge in [-0.05, 0) is 18.4 Å². The van der Waals surface area contributed by atoms with Crippen LogP contribution >= 0.6 is 11.6 Å². The molecule has 1 aliphatic carbocycles. The second kappa shape index (κ2) is 4.78. The number of nitrogens with zero attached hydrogens (tertiary/aromatic N) is 1. The quantitative estimate of drug-likeness (QED) is 0.603. The highest BCUT2D eigenvalue weighted by molar-refractivity contribution is 6.32. The van der Waals surface area contributed by atoms with E-state index in [-0.39, 0.29) is 10.7 Å². The molecule has 1 saturated carbocycles. The molecule has 0 saturated heterocycles. The first kappa shape index (κ1) is 11.3. The van der Waals surface area contributed by atoms with E-state index in [4.69, 9.17) is 16.3 Å². The summed E-state index contributed by atoms with van der Waals surface area (Å²) in [5, 5.41) is -0.0298. The van der Waals surface area contributed by atoms with Gasteiger partial charge in [-0.2, -0.15) is 0 Å². The lowest BCUT2D eigenvalue weighted by Crippen LogP contribution is -2.08. The van der Waals surface area contributed by atoms with Crippen LogP contribution in [-0.4, -0.2) is 17.6 Å². The fourth-order valence-electron chi connectivity index (χ4n) is 1.37. The molecule has 1 aliphatic rings. The zero-order chi connectivity index (χ0) is 11.5. The zero-order valence-corrected chi connectivity index (χ0v) is 9.34. The first-order valence-electron chi connectivity index (χ1n) is 5.15. The van der Waals surface area contributed by atoms with Crippen molar-refractivity contribution in [3.05, 3.63) is 28.8 Å². The van der Waals surface area contributed by atoms with Crippen molar-refractivity contribution in [1.29, 1.82) is 0 Å². The molecule has 0 aromatic carbocycles. The van der Waals surface area contributed by atoms with Gasteiger partial charge in [-0.3, -0.25) is 0 Å². The maximum Gasteiger partial charge on any atom is 0.341 e. The summed E-state index contributed by atoms with van der Waals surface area (Å²) in [6.45, 7) is 0.357. The summed E-state index contributed by atoms with van der Waals surface area (Å²) in [4.78, 5) is 15.1. The van der Waals surface area contributed by atoms with E-state index in [2.05, 4.69) is 4.98 Å². The molecule has 1 fully saturated rings. The summed E-state index contributed by atoms with van der Waals surface area (Å²) in [6, 6.07) is 1.04. The number of carbonyl (C=O) groups excluding carboxylic acids is 1. The Morgan fingerprint density at radius 1 is 1.62 bits per heavy atom. The van der Waals surface area contributed by atoms with Gasteiger partial charge in [0, 0.05) is 0 Å². The van der Waals surface area contributed by atoms with E-state index >= 15 is 0 Å². The summed E-state index contributed by atoms with van der Waals surface area (Å²) in [6.07, 6.45) is 4.25. The van der Waals surface area contributed by atoms with Gasteiger partial charge in [0.25, 0.3) is 0 Å². The molecule has 0 unspecified atom stereocenters. The van der Waals surface area contributed by atoms with Crippen molar-refractivity contribution in [3.63, 3.8) is 0 Å². The van der Waals surface area contributed by atoms with Crippen LogP contribution in [0.5, 0.6) is 0 Å². The second-order valence-electron chi connectivity index (χ2n) is 3.86. The van der Waals surface area contributed by atoms with Gasteiger partial charge < -0.3 is 4.74 Å². The summed E-state index contributed by atoms with van der Waals surface area (Å²) >= 11 is 5.67. The van der Waals surface area contributed by atoms with Crippen molar-refractivity contribution in [3.8, 4) is 0 Å². The number of hydrogen-bond donors (Lipinski definition) is 0. The molecular formula is C11H11ClFNO2. The van der Waals surface area contributed by atoms with Crippen LogP contribution in [0.25, 0.3) is 0 Å². The van der Waals surface area contributed by atoms with Gasteiger partial charge in [0.15, 0.2) is 0 Å². The van der Waals surface area contributed by atoms with Crippen molar-refractivity contribution in [2.24, 2.45) is 5.92 Å². The van der Waals surface area contributed by atoms with E-state index in [1.807, 2.05) is 0 Å². The number of rotatable bonds is 4. The molecule has 0 spiro atoms. The lowest BCUT2D eigenvalue weighted by atomic mass is 10.3. The van der Waals surface area contributed by atoms with Gasteiger partial charge in [0.1, 0.15) is 11.0 Å². The van der Waals surface area contributed by atoms with Crippen LogP contribution in [0.2, 0.25) is 5.15 Å². The number of aromatic nitrogens is 1. The molecule has 0 atom stereocenters. The largest absolute Gasteiger partial charge is 0.462 e. The van der Waals surface area contributed by atoms with E-state index in [1.54, 1.807) is 0 Å². The van der Waals surface area contributed by atoms with E-state index in [9.17, 15) is 9.18 Å². The Bertz CT molecular complexity index is 407. The Kier molecular flexibility index (Phi) is 3.39. The SMILES string of the molecule is O=C(OCCC1CC1)c1cc(F)cnc1Cl. The van der Waals surface area contributed by atoms with Crippen LogP contribution in [0.3, 0.4) is 0 Å². The molecule has 0 aliphatic heterocycles. The number of pyridine rings is 1. The van der Waals surface area contributed by atoms with Gasteiger partial charge in [-0.25, -0.2) is 14.2 Å². The van der Waals surface area contributed by atoms with Crippen LogP contribution in [0.1, 0.15) is 29.6 Å². The smallest absolute Gasteiger partial charge is 0.341 e. The normalized spacial score (nSPS) is 14.9. The van der Waals surface area contributed by atoms with E-state index in [1.165, 1.54) is 12.8 Å². The second-order valence-corrected chi connectivity index (χ2v) is 4.22. The molecule has 0 radical (unpaired) electrons. The molecule has 1 aromatic heterocycles. The molecule has 1 heterocycles. The molecule has 3 nitrogen and oxygen atoms in total. The minimum atomic E-state index is -0.613. The van der Waals surface area contributed by atoms with Crippen molar-refractivity contribution in [2.45, 2.75) is 19.3 Å². The Morgan fingerprint density at radius 2 is 2.38 bits per heavy atom. The number of halogens is 2. The number of carbonyl (C=O) groups is 1. The minimum absolute atomic E-state index is 0.0162. The number of hydrogen-bond acceptors (Lipinski definition) is 3. The maximum atomic E-state index is 12.8. The average Bonchev–Trinajstić information content (AvgIpc) is 3.05. The standard InChI is InChI=1S/C11H11ClFNO2/c12-10-9(5-8(13)6-14-10)11(15)16-4-3-7-1-2-7/h5-7H,1-4H2.